The van der Waals surface area contributed by atoms with Gasteiger partial charge in [-0.05, 0) is 42.3 Å². The minimum atomic E-state index is -3.43. The fourth-order valence-electron chi connectivity index (χ4n) is 2.16. The summed E-state index contributed by atoms with van der Waals surface area (Å²) < 4.78 is 31.9. The molecule has 2 aromatic heterocycles. The number of hydrogen-bond acceptors (Lipinski definition) is 4. The maximum atomic E-state index is 12.0. The number of rotatable bonds is 7. The van der Waals surface area contributed by atoms with Crippen molar-refractivity contribution in [1.29, 1.82) is 0 Å². The van der Waals surface area contributed by atoms with Crippen molar-refractivity contribution in [1.82, 2.24) is 4.72 Å². The second kappa shape index (κ2) is 7.61. The molecule has 3 aromatic rings. The normalized spacial score (nSPS) is 12.0. The first-order valence-corrected chi connectivity index (χ1v) is 9.84. The Morgan fingerprint density at radius 2 is 1.88 bits per heavy atom. The van der Waals surface area contributed by atoms with E-state index in [0.29, 0.717) is 13.0 Å². The van der Waals surface area contributed by atoms with Crippen LogP contribution in [0.2, 0.25) is 0 Å². The van der Waals surface area contributed by atoms with Gasteiger partial charge in [0.05, 0.1) is 11.1 Å². The third-order valence-electron chi connectivity index (χ3n) is 3.34. The molecule has 0 saturated heterocycles. The van der Waals surface area contributed by atoms with Crippen molar-refractivity contribution in [3.05, 3.63) is 76.7 Å². The minimum absolute atomic E-state index is 0.361. The molecular formula is C18H17NO3S2. The third kappa shape index (κ3) is 4.67. The van der Waals surface area contributed by atoms with Crippen LogP contribution < -0.4 is 4.72 Å². The maximum Gasteiger partial charge on any atom is 0.233 e. The van der Waals surface area contributed by atoms with E-state index in [1.54, 1.807) is 23.7 Å². The standard InChI is InChI=1S/C18H17NO3S2/c20-24(21,14-11-15-5-2-1-3-6-15)19-12-10-16-8-9-18(23-16)17-7-4-13-22-17/h1-9,11,13-14,19H,10,12H2. The van der Waals surface area contributed by atoms with Gasteiger partial charge >= 0.3 is 0 Å². The number of nitrogens with one attached hydrogen (secondary N) is 1. The third-order valence-corrected chi connectivity index (χ3v) is 5.60. The van der Waals surface area contributed by atoms with Crippen molar-refractivity contribution in [3.8, 4) is 10.6 Å². The molecule has 0 aliphatic heterocycles. The average Bonchev–Trinajstić information content (AvgIpc) is 3.25. The molecule has 24 heavy (non-hydrogen) atoms. The molecule has 4 nitrogen and oxygen atoms in total. The summed E-state index contributed by atoms with van der Waals surface area (Å²) in [5.74, 6) is 0.831. The highest BCUT2D eigenvalue weighted by molar-refractivity contribution is 7.92. The highest BCUT2D eigenvalue weighted by atomic mass is 32.2. The minimum Gasteiger partial charge on any atom is -0.464 e. The van der Waals surface area contributed by atoms with Gasteiger partial charge in [-0.1, -0.05) is 30.3 Å². The molecule has 0 spiro atoms. The van der Waals surface area contributed by atoms with Crippen molar-refractivity contribution >= 4 is 27.4 Å². The van der Waals surface area contributed by atoms with Crippen LogP contribution >= 0.6 is 11.3 Å². The van der Waals surface area contributed by atoms with Crippen LogP contribution in [0.25, 0.3) is 16.7 Å². The van der Waals surface area contributed by atoms with Crippen molar-refractivity contribution in [2.24, 2.45) is 0 Å². The van der Waals surface area contributed by atoms with Crippen LogP contribution in [0.4, 0.5) is 0 Å². The van der Waals surface area contributed by atoms with Gasteiger partial charge in [0.15, 0.2) is 0 Å². The average molecular weight is 359 g/mol. The van der Waals surface area contributed by atoms with Gasteiger partial charge in [0.1, 0.15) is 5.76 Å². The Morgan fingerprint density at radius 3 is 2.62 bits per heavy atom. The highest BCUT2D eigenvalue weighted by Gasteiger charge is 2.07. The van der Waals surface area contributed by atoms with Gasteiger partial charge in [0.2, 0.25) is 10.0 Å². The summed E-state index contributed by atoms with van der Waals surface area (Å²) in [6.45, 7) is 0.361. The predicted molar refractivity (Wildman–Crippen MR) is 98.1 cm³/mol. The molecule has 6 heteroatoms. The van der Waals surface area contributed by atoms with Crippen LogP contribution in [0, 0.1) is 0 Å². The first-order chi connectivity index (χ1) is 11.6. The van der Waals surface area contributed by atoms with E-state index in [4.69, 9.17) is 4.42 Å². The Labute approximate surface area is 145 Å². The summed E-state index contributed by atoms with van der Waals surface area (Å²) in [6, 6.07) is 17.1. The molecule has 0 fully saturated rings. The molecule has 0 amide bonds. The molecule has 1 aromatic carbocycles. The number of furan rings is 1. The van der Waals surface area contributed by atoms with Crippen LogP contribution in [0.15, 0.2) is 70.7 Å². The number of hydrogen-bond donors (Lipinski definition) is 1. The van der Waals surface area contributed by atoms with Gasteiger partial charge in [-0.2, -0.15) is 0 Å². The van der Waals surface area contributed by atoms with Gasteiger partial charge in [0.25, 0.3) is 0 Å². The van der Waals surface area contributed by atoms with Crippen LogP contribution in [-0.4, -0.2) is 15.0 Å². The fourth-order valence-corrected chi connectivity index (χ4v) is 3.95. The number of benzene rings is 1. The van der Waals surface area contributed by atoms with E-state index in [2.05, 4.69) is 4.72 Å². The summed E-state index contributed by atoms with van der Waals surface area (Å²) in [6.07, 6.45) is 3.87. The van der Waals surface area contributed by atoms with E-state index in [9.17, 15) is 8.42 Å². The summed E-state index contributed by atoms with van der Waals surface area (Å²) in [7, 11) is -3.43. The summed E-state index contributed by atoms with van der Waals surface area (Å²) in [4.78, 5) is 2.15. The molecule has 0 saturated carbocycles. The topological polar surface area (TPSA) is 59.3 Å². The lowest BCUT2D eigenvalue weighted by Crippen LogP contribution is -2.23. The maximum absolute atomic E-state index is 12.0. The smallest absolute Gasteiger partial charge is 0.233 e. The van der Waals surface area contributed by atoms with Crippen molar-refractivity contribution in [2.45, 2.75) is 6.42 Å². The molecule has 1 N–H and O–H groups in total. The number of sulfonamides is 1. The zero-order valence-corrected chi connectivity index (χ0v) is 14.5. The molecule has 0 aliphatic carbocycles. The van der Waals surface area contributed by atoms with Gasteiger partial charge in [-0.3, -0.25) is 0 Å². The lowest BCUT2D eigenvalue weighted by molar-refractivity contribution is 0.583. The second-order valence-corrected chi connectivity index (χ2v) is 7.97. The Balaban J connectivity index is 1.53. The monoisotopic (exact) mass is 359 g/mol. The first-order valence-electron chi connectivity index (χ1n) is 7.48. The molecule has 0 atom stereocenters. The van der Waals surface area contributed by atoms with Crippen LogP contribution in [0.3, 0.4) is 0 Å². The Morgan fingerprint density at radius 1 is 1.04 bits per heavy atom. The van der Waals surface area contributed by atoms with Gasteiger partial charge in [-0.25, -0.2) is 13.1 Å². The Bertz CT molecular complexity index is 895. The zero-order valence-electron chi connectivity index (χ0n) is 12.9. The largest absolute Gasteiger partial charge is 0.464 e. The first kappa shape index (κ1) is 16.7. The lowest BCUT2D eigenvalue weighted by Gasteiger charge is -2.01. The van der Waals surface area contributed by atoms with Crippen molar-refractivity contribution < 1.29 is 12.8 Å². The molecule has 3 rings (SSSR count). The highest BCUT2D eigenvalue weighted by Crippen LogP contribution is 2.28. The SMILES string of the molecule is O=S(=O)(C=Cc1ccccc1)NCCc1ccc(-c2ccco2)s1. The summed E-state index contributed by atoms with van der Waals surface area (Å²) in [5.41, 5.74) is 0.851. The quantitative estimate of drug-likeness (QED) is 0.690. The molecule has 0 radical (unpaired) electrons. The summed E-state index contributed by atoms with van der Waals surface area (Å²) in [5, 5.41) is 1.20. The number of thiophene rings is 1. The predicted octanol–water partition coefficient (Wildman–Crippen LogP) is 4.14. The molecule has 0 bridgehead atoms. The van der Waals surface area contributed by atoms with Gasteiger partial charge in [0, 0.05) is 16.8 Å². The van der Waals surface area contributed by atoms with Crippen LogP contribution in [0.1, 0.15) is 10.4 Å². The van der Waals surface area contributed by atoms with Gasteiger partial charge in [-0.15, -0.1) is 11.3 Å². The van der Waals surface area contributed by atoms with Crippen molar-refractivity contribution in [3.63, 3.8) is 0 Å². The van der Waals surface area contributed by atoms with E-state index in [-0.39, 0.29) is 0 Å². The summed E-state index contributed by atoms with van der Waals surface area (Å²) >= 11 is 1.60. The zero-order chi connectivity index (χ0) is 16.8. The molecular weight excluding hydrogens is 342 g/mol. The molecule has 124 valence electrons. The lowest BCUT2D eigenvalue weighted by atomic mass is 10.2. The van der Waals surface area contributed by atoms with E-state index in [1.165, 1.54) is 5.41 Å². The fraction of sp³-hybridized carbons (Fsp3) is 0.111. The Kier molecular flexibility index (Phi) is 5.30. The molecule has 2 heterocycles. The Hall–Kier alpha value is -2.15. The van der Waals surface area contributed by atoms with E-state index >= 15 is 0 Å². The van der Waals surface area contributed by atoms with E-state index < -0.39 is 10.0 Å². The molecule has 0 aliphatic rings. The van der Waals surface area contributed by atoms with Crippen LogP contribution in [-0.2, 0) is 16.4 Å². The van der Waals surface area contributed by atoms with Crippen LogP contribution in [0.5, 0.6) is 0 Å². The van der Waals surface area contributed by atoms with E-state index in [1.807, 2.05) is 54.6 Å². The second-order valence-electron chi connectivity index (χ2n) is 5.15. The van der Waals surface area contributed by atoms with E-state index in [0.717, 1.165) is 21.1 Å². The van der Waals surface area contributed by atoms with Gasteiger partial charge < -0.3 is 4.42 Å². The molecule has 0 unspecified atom stereocenters. The van der Waals surface area contributed by atoms with Crippen molar-refractivity contribution in [2.75, 3.05) is 6.54 Å².